The van der Waals surface area contributed by atoms with Gasteiger partial charge in [0.15, 0.2) is 0 Å². The van der Waals surface area contributed by atoms with E-state index < -0.39 is 11.5 Å². The molecule has 0 amide bonds. The third kappa shape index (κ3) is 5.42. The minimum absolute atomic E-state index is 0.0894. The molecule has 2 aliphatic rings. The topological polar surface area (TPSA) is 11.4 Å². The second kappa shape index (κ2) is 14.6. The largest absolute Gasteiger partial charge is 0.344 e. The standard InChI is InChI=1S/C62H43N3/c1-63-57-32-17-14-29-52(57)61-59(63)34-19-35-60(61)65(58-33-18-13-26-47(58)42-20-5-2-6-21-42)46-37-39-51-49-28-12-16-31-54(49)62(56(51)41-46)53-30-15-11-27-48(53)50-38-36-45(40-55(50)62)64(43-22-7-3-8-23-43)44-24-9-4-10-25-44/h2-41H,1H3/i3D,7D,8D,22D,23D. The van der Waals surface area contributed by atoms with Crippen LogP contribution in [0, 0.1) is 0 Å². The van der Waals surface area contributed by atoms with Gasteiger partial charge in [-0.2, -0.15) is 0 Å². The number of aromatic nitrogens is 1. The van der Waals surface area contributed by atoms with E-state index in [-0.39, 0.29) is 29.9 Å². The Bertz CT molecular complexity index is 3900. The van der Waals surface area contributed by atoms with Crippen molar-refractivity contribution in [3.8, 4) is 33.4 Å². The molecule has 1 atom stereocenters. The Labute approximate surface area is 386 Å². The van der Waals surface area contributed by atoms with Crippen LogP contribution in [0.5, 0.6) is 0 Å². The normalized spacial score (nSPS) is 15.4. The van der Waals surface area contributed by atoms with E-state index in [4.69, 9.17) is 4.11 Å². The minimum Gasteiger partial charge on any atom is -0.344 e. The molecule has 3 heteroatoms. The molecule has 1 heterocycles. The van der Waals surface area contributed by atoms with Crippen molar-refractivity contribution in [2.24, 2.45) is 7.05 Å². The highest BCUT2D eigenvalue weighted by atomic mass is 15.2. The van der Waals surface area contributed by atoms with Gasteiger partial charge in [-0.05, 0) is 123 Å². The molecule has 10 aromatic carbocycles. The van der Waals surface area contributed by atoms with Gasteiger partial charge in [-0.15, -0.1) is 0 Å². The van der Waals surface area contributed by atoms with Crippen LogP contribution in [0.3, 0.4) is 0 Å². The maximum Gasteiger partial charge on any atom is 0.0727 e. The summed E-state index contributed by atoms with van der Waals surface area (Å²) in [6, 6.07) is 73.2. The highest BCUT2D eigenvalue weighted by molar-refractivity contribution is 6.16. The third-order valence-electron chi connectivity index (χ3n) is 13.7. The van der Waals surface area contributed by atoms with Crippen molar-refractivity contribution in [3.63, 3.8) is 0 Å². The first kappa shape index (κ1) is 32.3. The summed E-state index contributed by atoms with van der Waals surface area (Å²) in [4.78, 5) is 4.27. The van der Waals surface area contributed by atoms with E-state index in [1.807, 2.05) is 41.3 Å². The predicted octanol–water partition coefficient (Wildman–Crippen LogP) is 16.3. The van der Waals surface area contributed by atoms with Crippen LogP contribution in [0.1, 0.15) is 29.1 Å². The number of hydrogen-bond acceptors (Lipinski definition) is 2. The molecule has 2 aliphatic carbocycles. The summed E-state index contributed by atoms with van der Waals surface area (Å²) in [7, 11) is 2.15. The van der Waals surface area contributed by atoms with Crippen molar-refractivity contribution < 1.29 is 6.85 Å². The Morgan fingerprint density at radius 3 is 1.60 bits per heavy atom. The maximum atomic E-state index is 9.23. The zero-order valence-corrected chi connectivity index (χ0v) is 35.5. The molecule has 0 N–H and O–H groups in total. The molecule has 0 radical (unpaired) electrons. The number of fused-ring (bicyclic) bond motifs is 13. The van der Waals surface area contributed by atoms with E-state index >= 15 is 0 Å². The monoisotopic (exact) mass is 834 g/mol. The summed E-state index contributed by atoms with van der Waals surface area (Å²) in [5.74, 6) is 0. The van der Waals surface area contributed by atoms with E-state index in [1.54, 1.807) is 0 Å². The van der Waals surface area contributed by atoms with Gasteiger partial charge in [-0.25, -0.2) is 0 Å². The van der Waals surface area contributed by atoms with Crippen molar-refractivity contribution >= 4 is 55.9 Å². The van der Waals surface area contributed by atoms with Gasteiger partial charge in [-0.1, -0.05) is 170 Å². The zero-order valence-electron chi connectivity index (χ0n) is 40.5. The second-order valence-corrected chi connectivity index (χ2v) is 16.9. The molecule has 1 aromatic heterocycles. The SMILES string of the molecule is [2H]c1c([2H])c([2H])c(N(c2ccccc2)c2ccc3c(c2)C2(c4ccccc4-3)c3ccccc3-c3ccc(N(c4ccccc4-c4ccccc4)c4cccc5c4c4ccccc4n5C)cc32)c([2H])c1[2H]. The lowest BCUT2D eigenvalue weighted by Crippen LogP contribution is -2.26. The average molecular weight is 835 g/mol. The number of anilines is 6. The lowest BCUT2D eigenvalue weighted by atomic mass is 9.70. The molecule has 0 fully saturated rings. The van der Waals surface area contributed by atoms with Crippen LogP contribution in [0.25, 0.3) is 55.2 Å². The van der Waals surface area contributed by atoms with E-state index in [1.165, 1.54) is 5.39 Å². The minimum atomic E-state index is -0.803. The summed E-state index contributed by atoms with van der Waals surface area (Å²) < 4.78 is 46.7. The smallest absolute Gasteiger partial charge is 0.0727 e. The van der Waals surface area contributed by atoms with Gasteiger partial charge in [0.05, 0.1) is 29.2 Å². The molecule has 3 nitrogen and oxygen atoms in total. The van der Waals surface area contributed by atoms with Crippen LogP contribution in [0.4, 0.5) is 34.1 Å². The first-order chi connectivity index (χ1) is 34.3. The maximum absolute atomic E-state index is 9.23. The molecular weight excluding hydrogens is 787 g/mol. The van der Waals surface area contributed by atoms with Crippen LogP contribution >= 0.6 is 0 Å². The van der Waals surface area contributed by atoms with Gasteiger partial charge in [-0.3, -0.25) is 0 Å². The van der Waals surface area contributed by atoms with Crippen molar-refractivity contribution in [2.75, 3.05) is 9.80 Å². The van der Waals surface area contributed by atoms with Crippen molar-refractivity contribution in [3.05, 3.63) is 265 Å². The lowest BCUT2D eigenvalue weighted by Gasteiger charge is -2.34. The summed E-state index contributed by atoms with van der Waals surface area (Å²) in [5.41, 5.74) is 17.3. The number of aryl methyl sites for hydroxylation is 1. The van der Waals surface area contributed by atoms with Gasteiger partial charge in [0.1, 0.15) is 0 Å². The van der Waals surface area contributed by atoms with Gasteiger partial charge < -0.3 is 14.4 Å². The highest BCUT2D eigenvalue weighted by Crippen LogP contribution is 2.64. The van der Waals surface area contributed by atoms with Crippen molar-refractivity contribution in [1.29, 1.82) is 0 Å². The molecule has 306 valence electrons. The molecule has 1 unspecified atom stereocenters. The molecule has 65 heavy (non-hydrogen) atoms. The number of hydrogen-bond donors (Lipinski definition) is 0. The Morgan fingerprint density at radius 2 is 0.908 bits per heavy atom. The first-order valence-corrected chi connectivity index (χ1v) is 22.1. The van der Waals surface area contributed by atoms with Crippen LogP contribution in [-0.2, 0) is 12.5 Å². The summed E-state index contributed by atoms with van der Waals surface area (Å²) in [6.07, 6.45) is 0. The van der Waals surface area contributed by atoms with Gasteiger partial charge in [0.25, 0.3) is 0 Å². The van der Waals surface area contributed by atoms with Crippen LogP contribution in [-0.4, -0.2) is 4.57 Å². The molecular formula is C62H43N3. The average Bonchev–Trinajstić information content (AvgIpc) is 4.00. The highest BCUT2D eigenvalue weighted by Gasteiger charge is 2.52. The van der Waals surface area contributed by atoms with Crippen LogP contribution in [0.15, 0.2) is 243 Å². The zero-order chi connectivity index (χ0) is 47.4. The van der Waals surface area contributed by atoms with Crippen molar-refractivity contribution in [1.82, 2.24) is 4.57 Å². The molecule has 0 bridgehead atoms. The van der Waals surface area contributed by atoms with Gasteiger partial charge in [0, 0.05) is 51.6 Å². The Morgan fingerprint density at radius 1 is 0.385 bits per heavy atom. The Balaban J connectivity index is 1.11. The molecule has 13 rings (SSSR count). The number of rotatable bonds is 7. The predicted molar refractivity (Wildman–Crippen MR) is 272 cm³/mol. The van der Waals surface area contributed by atoms with Crippen LogP contribution in [0.2, 0.25) is 0 Å². The second-order valence-electron chi connectivity index (χ2n) is 16.9. The summed E-state index contributed by atoms with van der Waals surface area (Å²) >= 11 is 0. The first-order valence-electron chi connectivity index (χ1n) is 24.6. The van der Waals surface area contributed by atoms with Crippen LogP contribution < -0.4 is 9.80 Å². The number of para-hydroxylation sites is 4. The van der Waals surface area contributed by atoms with E-state index in [0.717, 1.165) is 89.1 Å². The quantitative estimate of drug-likeness (QED) is 0.158. The van der Waals surface area contributed by atoms with E-state index in [9.17, 15) is 2.74 Å². The fraction of sp³-hybridized carbons (Fsp3) is 0.0323. The third-order valence-corrected chi connectivity index (χ3v) is 13.7. The number of nitrogens with zero attached hydrogens (tertiary/aromatic N) is 3. The summed E-state index contributed by atoms with van der Waals surface area (Å²) in [6.45, 7) is 0. The molecule has 0 aliphatic heterocycles. The molecule has 0 saturated carbocycles. The Kier molecular flexibility index (Phi) is 7.25. The van der Waals surface area contributed by atoms with E-state index in [0.29, 0.717) is 11.4 Å². The number of benzene rings is 10. The van der Waals surface area contributed by atoms with Gasteiger partial charge >= 0.3 is 0 Å². The molecule has 11 aromatic rings. The fourth-order valence-electron chi connectivity index (χ4n) is 11.0. The molecule has 1 spiro atoms. The van der Waals surface area contributed by atoms with Gasteiger partial charge in [0.2, 0.25) is 0 Å². The Hall–Kier alpha value is -8.40. The van der Waals surface area contributed by atoms with E-state index in [2.05, 4.69) is 192 Å². The van der Waals surface area contributed by atoms with Crippen molar-refractivity contribution in [2.45, 2.75) is 5.41 Å². The summed E-state index contributed by atoms with van der Waals surface area (Å²) in [5, 5.41) is 2.34. The lowest BCUT2D eigenvalue weighted by molar-refractivity contribution is 0.793. The fourth-order valence-corrected chi connectivity index (χ4v) is 11.0. The molecule has 0 saturated heterocycles.